The Kier molecular flexibility index (Phi) is 4.69. The first-order valence-electron chi connectivity index (χ1n) is 6.12. The first-order valence-corrected chi connectivity index (χ1v) is 8.03. The molecule has 2 aromatic rings. The second-order valence-corrected chi connectivity index (χ2v) is 6.07. The third-order valence-corrected chi connectivity index (χ3v) is 4.50. The third kappa shape index (κ3) is 3.21. The summed E-state index contributed by atoms with van der Waals surface area (Å²) in [7, 11) is 0. The monoisotopic (exact) mass is 382 g/mol. The molecule has 0 atom stereocenters. The molecule has 0 aliphatic carbocycles. The first kappa shape index (κ1) is 14.6. The predicted molar refractivity (Wildman–Crippen MR) is 87.5 cm³/mol. The van der Waals surface area contributed by atoms with Crippen molar-refractivity contribution in [2.45, 2.75) is 26.1 Å². The van der Waals surface area contributed by atoms with Gasteiger partial charge in [0.05, 0.1) is 4.47 Å². The van der Waals surface area contributed by atoms with Gasteiger partial charge in [0.25, 0.3) is 0 Å². The van der Waals surface area contributed by atoms with Gasteiger partial charge in [0.1, 0.15) is 11.5 Å². The fourth-order valence-electron chi connectivity index (χ4n) is 1.90. The van der Waals surface area contributed by atoms with Gasteiger partial charge in [-0.15, -0.1) is 0 Å². The fourth-order valence-corrected chi connectivity index (χ4v) is 2.76. The largest absolute Gasteiger partial charge is 0.456 e. The molecule has 0 aromatic heterocycles. The molecule has 100 valence electrons. The van der Waals surface area contributed by atoms with Crippen molar-refractivity contribution in [2.75, 3.05) is 0 Å². The van der Waals surface area contributed by atoms with Gasteiger partial charge >= 0.3 is 0 Å². The van der Waals surface area contributed by atoms with Crippen LogP contribution in [0.1, 0.15) is 22.3 Å². The van der Waals surface area contributed by atoms with E-state index in [1.807, 2.05) is 6.07 Å². The SMILES string of the molecule is Cc1ccc(C)c(Oc2ccc(CBr)cc2Br)c1C. The Morgan fingerprint density at radius 2 is 1.68 bits per heavy atom. The number of hydrogen-bond acceptors (Lipinski definition) is 1. The molecule has 0 saturated heterocycles. The molecule has 0 spiro atoms. The van der Waals surface area contributed by atoms with E-state index in [1.165, 1.54) is 16.7 Å². The van der Waals surface area contributed by atoms with Crippen LogP contribution in [0.5, 0.6) is 11.5 Å². The molecule has 1 nitrogen and oxygen atoms in total. The molecule has 19 heavy (non-hydrogen) atoms. The van der Waals surface area contributed by atoms with Gasteiger partial charge in [-0.2, -0.15) is 0 Å². The molecule has 0 amide bonds. The molecule has 2 rings (SSSR count). The lowest BCUT2D eigenvalue weighted by molar-refractivity contribution is 0.471. The predicted octanol–water partition coefficient (Wildman–Crippen LogP) is 6.06. The van der Waals surface area contributed by atoms with E-state index in [1.54, 1.807) is 0 Å². The minimum atomic E-state index is 0.842. The van der Waals surface area contributed by atoms with E-state index in [-0.39, 0.29) is 0 Å². The molecule has 0 saturated carbocycles. The maximum atomic E-state index is 6.09. The Labute approximate surface area is 131 Å². The summed E-state index contributed by atoms with van der Waals surface area (Å²) in [4.78, 5) is 0. The first-order chi connectivity index (χ1) is 9.02. The van der Waals surface area contributed by atoms with Crippen molar-refractivity contribution in [1.82, 2.24) is 0 Å². The molecule has 0 unspecified atom stereocenters. The van der Waals surface area contributed by atoms with E-state index in [9.17, 15) is 0 Å². The molecule has 3 heteroatoms. The number of ether oxygens (including phenoxy) is 1. The van der Waals surface area contributed by atoms with Crippen molar-refractivity contribution in [3.8, 4) is 11.5 Å². The average Bonchev–Trinajstić information content (AvgIpc) is 2.40. The smallest absolute Gasteiger partial charge is 0.141 e. The van der Waals surface area contributed by atoms with E-state index in [2.05, 4.69) is 76.9 Å². The highest BCUT2D eigenvalue weighted by molar-refractivity contribution is 9.10. The summed E-state index contributed by atoms with van der Waals surface area (Å²) < 4.78 is 7.07. The Balaban J connectivity index is 2.39. The summed E-state index contributed by atoms with van der Waals surface area (Å²) in [5.41, 5.74) is 4.81. The Morgan fingerprint density at radius 1 is 1.00 bits per heavy atom. The van der Waals surface area contributed by atoms with Crippen LogP contribution in [0.4, 0.5) is 0 Å². The number of aryl methyl sites for hydroxylation is 2. The maximum Gasteiger partial charge on any atom is 0.141 e. The van der Waals surface area contributed by atoms with Gasteiger partial charge in [-0.3, -0.25) is 0 Å². The van der Waals surface area contributed by atoms with E-state index < -0.39 is 0 Å². The van der Waals surface area contributed by atoms with Crippen molar-refractivity contribution in [1.29, 1.82) is 0 Å². The molecule has 2 aromatic carbocycles. The van der Waals surface area contributed by atoms with Crippen molar-refractivity contribution >= 4 is 31.9 Å². The van der Waals surface area contributed by atoms with Crippen LogP contribution in [0.2, 0.25) is 0 Å². The van der Waals surface area contributed by atoms with Gasteiger partial charge in [0.15, 0.2) is 0 Å². The molecular weight excluding hydrogens is 368 g/mol. The van der Waals surface area contributed by atoms with Crippen molar-refractivity contribution in [3.63, 3.8) is 0 Å². The lowest BCUT2D eigenvalue weighted by Crippen LogP contribution is -1.94. The summed E-state index contributed by atoms with van der Waals surface area (Å²) >= 11 is 7.02. The zero-order valence-corrected chi connectivity index (χ0v) is 14.4. The molecule has 0 radical (unpaired) electrons. The van der Waals surface area contributed by atoms with Gasteiger partial charge in [-0.1, -0.05) is 34.1 Å². The van der Waals surface area contributed by atoms with Gasteiger partial charge in [0.2, 0.25) is 0 Å². The number of benzene rings is 2. The standard InChI is InChI=1S/C16H16Br2O/c1-10-4-5-11(2)16(12(10)3)19-15-7-6-13(9-17)8-14(15)18/h4-8H,9H2,1-3H3. The van der Waals surface area contributed by atoms with Crippen LogP contribution < -0.4 is 4.74 Å². The van der Waals surface area contributed by atoms with E-state index in [0.29, 0.717) is 0 Å². The van der Waals surface area contributed by atoms with Crippen LogP contribution in [0.3, 0.4) is 0 Å². The highest BCUT2D eigenvalue weighted by Crippen LogP contribution is 2.35. The summed E-state index contributed by atoms with van der Waals surface area (Å²) in [6, 6.07) is 10.4. The van der Waals surface area contributed by atoms with E-state index >= 15 is 0 Å². The van der Waals surface area contributed by atoms with Crippen molar-refractivity contribution in [3.05, 3.63) is 57.1 Å². The number of halogens is 2. The van der Waals surface area contributed by atoms with E-state index in [0.717, 1.165) is 26.9 Å². The Hall–Kier alpha value is -0.800. The molecule has 0 N–H and O–H groups in total. The minimum Gasteiger partial charge on any atom is -0.456 e. The lowest BCUT2D eigenvalue weighted by Gasteiger charge is -2.15. The molecule has 0 aliphatic heterocycles. The van der Waals surface area contributed by atoms with Gasteiger partial charge in [-0.25, -0.2) is 0 Å². The molecular formula is C16H16Br2O. The van der Waals surface area contributed by atoms with Crippen LogP contribution in [-0.2, 0) is 5.33 Å². The zero-order chi connectivity index (χ0) is 14.0. The van der Waals surface area contributed by atoms with Gasteiger partial charge in [-0.05, 0) is 71.1 Å². The fraction of sp³-hybridized carbons (Fsp3) is 0.250. The van der Waals surface area contributed by atoms with Crippen LogP contribution in [0.25, 0.3) is 0 Å². The highest BCUT2D eigenvalue weighted by Gasteiger charge is 2.10. The number of hydrogen-bond donors (Lipinski definition) is 0. The molecule has 0 bridgehead atoms. The van der Waals surface area contributed by atoms with Gasteiger partial charge in [0, 0.05) is 5.33 Å². The third-order valence-electron chi connectivity index (χ3n) is 3.24. The normalized spacial score (nSPS) is 10.6. The quantitative estimate of drug-likeness (QED) is 0.585. The molecule has 0 fully saturated rings. The minimum absolute atomic E-state index is 0.842. The van der Waals surface area contributed by atoms with Crippen LogP contribution in [0.15, 0.2) is 34.8 Å². The lowest BCUT2D eigenvalue weighted by atomic mass is 10.1. The average molecular weight is 384 g/mol. The van der Waals surface area contributed by atoms with Crippen molar-refractivity contribution < 1.29 is 4.74 Å². The number of rotatable bonds is 3. The Morgan fingerprint density at radius 3 is 2.32 bits per heavy atom. The summed E-state index contributed by atoms with van der Waals surface area (Å²) in [5, 5.41) is 0.842. The summed E-state index contributed by atoms with van der Waals surface area (Å²) in [6.07, 6.45) is 0. The number of alkyl halides is 1. The Bertz CT molecular complexity index is 606. The van der Waals surface area contributed by atoms with Crippen LogP contribution in [-0.4, -0.2) is 0 Å². The van der Waals surface area contributed by atoms with Crippen molar-refractivity contribution in [2.24, 2.45) is 0 Å². The highest BCUT2D eigenvalue weighted by atomic mass is 79.9. The summed E-state index contributed by atoms with van der Waals surface area (Å²) in [6.45, 7) is 6.27. The zero-order valence-electron chi connectivity index (χ0n) is 11.3. The molecule has 0 heterocycles. The van der Waals surface area contributed by atoms with E-state index in [4.69, 9.17) is 4.74 Å². The second-order valence-electron chi connectivity index (χ2n) is 4.65. The van der Waals surface area contributed by atoms with Crippen LogP contribution in [0, 0.1) is 20.8 Å². The van der Waals surface area contributed by atoms with Gasteiger partial charge < -0.3 is 4.74 Å². The molecule has 0 aliphatic rings. The van der Waals surface area contributed by atoms with Crippen LogP contribution >= 0.6 is 31.9 Å². The summed E-state index contributed by atoms with van der Waals surface area (Å²) in [5.74, 6) is 1.80. The topological polar surface area (TPSA) is 9.23 Å². The maximum absolute atomic E-state index is 6.09. The second kappa shape index (κ2) is 6.10.